The average Bonchev–Trinajstić information content (AvgIpc) is 2.87. The number of aromatic hydroxyl groups is 1. The summed E-state index contributed by atoms with van der Waals surface area (Å²) in [6.07, 6.45) is -1.77. The number of phenols is 1. The lowest BCUT2D eigenvalue weighted by molar-refractivity contribution is -0.274. The van der Waals surface area contributed by atoms with Gasteiger partial charge in [0.25, 0.3) is 10.0 Å². The molecule has 9 nitrogen and oxygen atoms in total. The quantitative estimate of drug-likeness (QED) is 0.256. The van der Waals surface area contributed by atoms with E-state index in [1.165, 1.54) is 46.6 Å². The highest BCUT2D eigenvalue weighted by molar-refractivity contribution is 7.92. The summed E-state index contributed by atoms with van der Waals surface area (Å²) in [5.74, 6) is 0.326. The van der Waals surface area contributed by atoms with Crippen molar-refractivity contribution in [3.05, 3.63) is 59.7 Å². The minimum absolute atomic E-state index is 0.0124. The van der Waals surface area contributed by atoms with Crippen LogP contribution in [0, 0.1) is 0 Å². The third-order valence-electron chi connectivity index (χ3n) is 5.11. The van der Waals surface area contributed by atoms with Crippen LogP contribution in [0.5, 0.6) is 34.5 Å². The maximum atomic E-state index is 13.0. The van der Waals surface area contributed by atoms with E-state index in [1.807, 2.05) is 0 Å². The van der Waals surface area contributed by atoms with E-state index >= 15 is 0 Å². The van der Waals surface area contributed by atoms with Gasteiger partial charge >= 0.3 is 6.36 Å². The largest absolute Gasteiger partial charge is 0.573 e. The lowest BCUT2D eigenvalue weighted by atomic mass is 10.1. The van der Waals surface area contributed by atoms with Crippen LogP contribution in [0.4, 0.5) is 18.9 Å². The van der Waals surface area contributed by atoms with Crippen LogP contribution in [0.2, 0.25) is 0 Å². The number of nitrogens with one attached hydrogen (secondary N) is 1. The van der Waals surface area contributed by atoms with Crippen LogP contribution in [-0.4, -0.2) is 48.3 Å². The second kappa shape index (κ2) is 11.4. The number of benzene rings is 3. The van der Waals surface area contributed by atoms with Gasteiger partial charge in [-0.15, -0.1) is 13.2 Å². The molecule has 0 aliphatic heterocycles. The summed E-state index contributed by atoms with van der Waals surface area (Å²) in [5.41, 5.74) is 0.875. The van der Waals surface area contributed by atoms with E-state index in [4.69, 9.17) is 18.9 Å². The number of alkyl halides is 3. The Labute approximate surface area is 217 Å². The van der Waals surface area contributed by atoms with Gasteiger partial charge in [0.2, 0.25) is 5.75 Å². The van der Waals surface area contributed by atoms with E-state index in [0.29, 0.717) is 22.8 Å². The smallest absolute Gasteiger partial charge is 0.504 e. The predicted octanol–water partition coefficient (Wildman–Crippen LogP) is 5.30. The molecular formula is C25H24F3NO8S. The van der Waals surface area contributed by atoms with Gasteiger partial charge in [0, 0.05) is 11.6 Å². The second-order valence-electron chi connectivity index (χ2n) is 7.53. The number of anilines is 1. The van der Waals surface area contributed by atoms with Gasteiger partial charge < -0.3 is 28.8 Å². The summed E-state index contributed by atoms with van der Waals surface area (Å²) in [6, 6.07) is 9.56. The van der Waals surface area contributed by atoms with Crippen molar-refractivity contribution in [3.8, 4) is 34.5 Å². The molecule has 0 saturated heterocycles. The maximum absolute atomic E-state index is 13.0. The van der Waals surface area contributed by atoms with Gasteiger partial charge in [-0.05, 0) is 48.0 Å². The SMILES string of the molecule is COc1cc(NS(=O)(=O)c2ccc(OC(F)(F)F)cc2)c(C=Cc2cc(OC)c(OC)c(OC)c2)cc1O. The van der Waals surface area contributed by atoms with Crippen molar-refractivity contribution in [2.75, 3.05) is 33.2 Å². The molecule has 3 aromatic rings. The minimum atomic E-state index is -4.92. The minimum Gasteiger partial charge on any atom is -0.504 e. The molecule has 38 heavy (non-hydrogen) atoms. The Morgan fingerprint density at radius 1 is 0.816 bits per heavy atom. The van der Waals surface area contributed by atoms with Crippen molar-refractivity contribution >= 4 is 27.9 Å². The van der Waals surface area contributed by atoms with E-state index in [2.05, 4.69) is 9.46 Å². The molecule has 2 N–H and O–H groups in total. The van der Waals surface area contributed by atoms with Crippen molar-refractivity contribution in [3.63, 3.8) is 0 Å². The van der Waals surface area contributed by atoms with Crippen LogP contribution in [0.25, 0.3) is 12.2 Å². The molecule has 0 atom stereocenters. The zero-order valence-corrected chi connectivity index (χ0v) is 21.4. The third-order valence-corrected chi connectivity index (χ3v) is 6.49. The Kier molecular flexibility index (Phi) is 8.51. The van der Waals surface area contributed by atoms with Crippen molar-refractivity contribution in [2.24, 2.45) is 0 Å². The van der Waals surface area contributed by atoms with Gasteiger partial charge in [-0.1, -0.05) is 12.2 Å². The molecule has 0 unspecified atom stereocenters. The molecule has 0 amide bonds. The monoisotopic (exact) mass is 555 g/mol. The average molecular weight is 556 g/mol. The summed E-state index contributed by atoms with van der Waals surface area (Å²) in [6.45, 7) is 0. The highest BCUT2D eigenvalue weighted by Crippen LogP contribution is 2.39. The van der Waals surface area contributed by atoms with E-state index < -0.39 is 22.1 Å². The fourth-order valence-corrected chi connectivity index (χ4v) is 4.46. The molecule has 3 aromatic carbocycles. The van der Waals surface area contributed by atoms with E-state index in [0.717, 1.165) is 24.3 Å². The van der Waals surface area contributed by atoms with Crippen LogP contribution >= 0.6 is 0 Å². The summed E-state index contributed by atoms with van der Waals surface area (Å²) >= 11 is 0. The van der Waals surface area contributed by atoms with E-state index in [-0.39, 0.29) is 27.6 Å². The molecule has 0 fully saturated rings. The summed E-state index contributed by atoms with van der Waals surface area (Å²) in [7, 11) is 1.41. The fourth-order valence-electron chi connectivity index (χ4n) is 3.38. The first kappa shape index (κ1) is 28.3. The highest BCUT2D eigenvalue weighted by Gasteiger charge is 2.31. The summed E-state index contributed by atoms with van der Waals surface area (Å²) in [5, 5.41) is 10.3. The van der Waals surface area contributed by atoms with Gasteiger partial charge in [-0.3, -0.25) is 4.72 Å². The molecule has 0 bridgehead atoms. The van der Waals surface area contributed by atoms with Gasteiger partial charge in [-0.2, -0.15) is 0 Å². The maximum Gasteiger partial charge on any atom is 0.573 e. The van der Waals surface area contributed by atoms with Crippen molar-refractivity contribution in [1.29, 1.82) is 0 Å². The predicted molar refractivity (Wildman–Crippen MR) is 134 cm³/mol. The van der Waals surface area contributed by atoms with E-state index in [9.17, 15) is 26.7 Å². The highest BCUT2D eigenvalue weighted by atomic mass is 32.2. The normalized spacial score (nSPS) is 11.8. The number of halogens is 3. The van der Waals surface area contributed by atoms with Crippen molar-refractivity contribution in [2.45, 2.75) is 11.3 Å². The van der Waals surface area contributed by atoms with Crippen molar-refractivity contribution < 1.29 is 50.4 Å². The first-order valence-corrected chi connectivity index (χ1v) is 12.2. The molecular weight excluding hydrogens is 531 g/mol. The Morgan fingerprint density at radius 2 is 1.39 bits per heavy atom. The first-order chi connectivity index (χ1) is 17.9. The molecule has 13 heteroatoms. The third kappa shape index (κ3) is 6.73. The molecule has 0 spiro atoms. The van der Waals surface area contributed by atoms with Crippen LogP contribution in [0.3, 0.4) is 0 Å². The zero-order chi connectivity index (χ0) is 28.1. The topological polar surface area (TPSA) is 113 Å². The number of rotatable bonds is 10. The van der Waals surface area contributed by atoms with Crippen LogP contribution in [-0.2, 0) is 10.0 Å². The molecule has 0 aliphatic rings. The van der Waals surface area contributed by atoms with Crippen LogP contribution < -0.4 is 28.4 Å². The first-order valence-electron chi connectivity index (χ1n) is 10.7. The lowest BCUT2D eigenvalue weighted by Gasteiger charge is -2.15. The molecule has 204 valence electrons. The fraction of sp³-hybridized carbons (Fsp3) is 0.200. The number of methoxy groups -OCH3 is 4. The Morgan fingerprint density at radius 3 is 1.89 bits per heavy atom. The Balaban J connectivity index is 1.99. The standard InChI is InChI=1S/C25H24F3NO8S/c1-33-21-14-19(29-38(31,32)18-9-7-17(8-10-18)37-25(26,27)28)16(13-20(21)30)6-5-15-11-22(34-2)24(36-4)23(12-15)35-3/h5-14,29-30H,1-4H3. The Hall–Kier alpha value is -4.26. The van der Waals surface area contributed by atoms with Gasteiger partial charge in [0.1, 0.15) is 5.75 Å². The number of ether oxygens (including phenoxy) is 5. The molecule has 0 aliphatic carbocycles. The van der Waals surface area contributed by atoms with Gasteiger partial charge in [-0.25, -0.2) is 8.42 Å². The van der Waals surface area contributed by atoms with E-state index in [1.54, 1.807) is 18.2 Å². The summed E-state index contributed by atoms with van der Waals surface area (Å²) in [4.78, 5) is -0.321. The number of hydrogen-bond donors (Lipinski definition) is 2. The van der Waals surface area contributed by atoms with Crippen molar-refractivity contribution in [1.82, 2.24) is 0 Å². The molecule has 0 heterocycles. The Bertz CT molecular complexity index is 1400. The number of sulfonamides is 1. The molecule has 3 rings (SSSR count). The van der Waals surface area contributed by atoms with Crippen LogP contribution in [0.15, 0.2) is 53.4 Å². The van der Waals surface area contributed by atoms with Gasteiger partial charge in [0.05, 0.1) is 39.0 Å². The molecule has 0 radical (unpaired) electrons. The lowest BCUT2D eigenvalue weighted by Crippen LogP contribution is -2.17. The number of phenolic OH excluding ortho intramolecular Hbond substituents is 1. The molecule has 0 saturated carbocycles. The summed E-state index contributed by atoms with van der Waals surface area (Å²) < 4.78 is 90.5. The zero-order valence-electron chi connectivity index (χ0n) is 20.6. The van der Waals surface area contributed by atoms with Gasteiger partial charge in [0.15, 0.2) is 23.0 Å². The number of hydrogen-bond acceptors (Lipinski definition) is 8. The second-order valence-corrected chi connectivity index (χ2v) is 9.21. The molecule has 0 aromatic heterocycles. The van der Waals surface area contributed by atoms with Crippen LogP contribution in [0.1, 0.15) is 11.1 Å².